The first-order valence-corrected chi connectivity index (χ1v) is 9.24. The van der Waals surface area contributed by atoms with Gasteiger partial charge in [-0.25, -0.2) is 0 Å². The van der Waals surface area contributed by atoms with Gasteiger partial charge in [-0.1, -0.05) is 70.9 Å². The maximum Gasteiger partial charge on any atom is 0.0294 e. The van der Waals surface area contributed by atoms with Gasteiger partial charge in [0.15, 0.2) is 0 Å². The van der Waals surface area contributed by atoms with E-state index in [0.717, 1.165) is 12.2 Å². The lowest BCUT2D eigenvalue weighted by Crippen LogP contribution is -2.09. The molecule has 1 rings (SSSR count). The number of thioether (sulfide) groups is 1. The molecule has 1 aromatic carbocycles. The lowest BCUT2D eigenvalue weighted by atomic mass is 10.0. The Kier molecular flexibility index (Phi) is 9.86. The minimum absolute atomic E-state index is 0.214. The van der Waals surface area contributed by atoms with Crippen molar-refractivity contribution < 1.29 is 0 Å². The first-order valence-electron chi connectivity index (χ1n) is 8.26. The standard InChI is InChI=1S/C18H31NS/c1-3-5-6-7-8-9-10-11-18(19)16-12-14-17(15-13-16)20-4-2/h12-15,18H,3-11,19H2,1-2H3. The van der Waals surface area contributed by atoms with E-state index in [1.807, 2.05) is 11.8 Å². The normalized spacial score (nSPS) is 12.6. The van der Waals surface area contributed by atoms with E-state index in [9.17, 15) is 0 Å². The SMILES string of the molecule is CCCCCCCCCC(N)c1ccc(SCC)cc1. The van der Waals surface area contributed by atoms with Gasteiger partial charge in [-0.05, 0) is 29.9 Å². The molecule has 0 bridgehead atoms. The minimum Gasteiger partial charge on any atom is -0.324 e. The van der Waals surface area contributed by atoms with E-state index >= 15 is 0 Å². The molecule has 0 fully saturated rings. The van der Waals surface area contributed by atoms with Crippen LogP contribution >= 0.6 is 11.8 Å². The average Bonchev–Trinajstić information content (AvgIpc) is 2.47. The fraction of sp³-hybridized carbons (Fsp3) is 0.667. The first kappa shape index (κ1) is 17.6. The van der Waals surface area contributed by atoms with Crippen LogP contribution in [0.3, 0.4) is 0 Å². The van der Waals surface area contributed by atoms with Crippen LogP contribution in [0.5, 0.6) is 0 Å². The van der Waals surface area contributed by atoms with Crippen molar-refractivity contribution in [1.29, 1.82) is 0 Å². The Hall–Kier alpha value is -0.470. The third kappa shape index (κ3) is 7.35. The molecule has 0 spiro atoms. The Morgan fingerprint density at radius 2 is 1.50 bits per heavy atom. The molecule has 0 aliphatic rings. The van der Waals surface area contributed by atoms with Crippen molar-refractivity contribution in [2.75, 3.05) is 5.75 Å². The van der Waals surface area contributed by atoms with Gasteiger partial charge in [0, 0.05) is 10.9 Å². The molecule has 0 aliphatic carbocycles. The van der Waals surface area contributed by atoms with Gasteiger partial charge >= 0.3 is 0 Å². The predicted octanol–water partition coefficient (Wildman–Crippen LogP) is 5.94. The fourth-order valence-electron chi connectivity index (χ4n) is 2.47. The van der Waals surface area contributed by atoms with Crippen molar-refractivity contribution in [2.24, 2.45) is 5.73 Å². The van der Waals surface area contributed by atoms with E-state index < -0.39 is 0 Å². The van der Waals surface area contributed by atoms with Crippen LogP contribution in [0, 0.1) is 0 Å². The van der Waals surface area contributed by atoms with Crippen molar-refractivity contribution in [1.82, 2.24) is 0 Å². The summed E-state index contributed by atoms with van der Waals surface area (Å²) in [6, 6.07) is 9.02. The summed E-state index contributed by atoms with van der Waals surface area (Å²) in [5.41, 5.74) is 7.56. The molecule has 1 aromatic rings. The highest BCUT2D eigenvalue weighted by Crippen LogP contribution is 2.22. The molecule has 1 nitrogen and oxygen atoms in total. The van der Waals surface area contributed by atoms with Gasteiger partial charge in [-0.2, -0.15) is 0 Å². The molecule has 114 valence electrons. The Labute approximate surface area is 129 Å². The van der Waals surface area contributed by atoms with E-state index in [2.05, 4.69) is 38.1 Å². The van der Waals surface area contributed by atoms with Crippen LogP contribution in [0.1, 0.15) is 76.8 Å². The maximum absolute atomic E-state index is 6.27. The summed E-state index contributed by atoms with van der Waals surface area (Å²) in [4.78, 5) is 1.35. The molecule has 0 amide bonds. The zero-order valence-electron chi connectivity index (χ0n) is 13.2. The summed E-state index contributed by atoms with van der Waals surface area (Å²) < 4.78 is 0. The third-order valence-corrected chi connectivity index (χ3v) is 4.63. The zero-order chi connectivity index (χ0) is 14.6. The van der Waals surface area contributed by atoms with Gasteiger partial charge in [0.25, 0.3) is 0 Å². The van der Waals surface area contributed by atoms with E-state index in [4.69, 9.17) is 5.73 Å². The monoisotopic (exact) mass is 293 g/mol. The number of hydrogen-bond acceptors (Lipinski definition) is 2. The number of rotatable bonds is 11. The van der Waals surface area contributed by atoms with Crippen molar-refractivity contribution >= 4 is 11.8 Å². The molecule has 1 unspecified atom stereocenters. The second-order valence-corrected chi connectivity index (χ2v) is 6.86. The van der Waals surface area contributed by atoms with Crippen molar-refractivity contribution in [3.63, 3.8) is 0 Å². The first-order chi connectivity index (χ1) is 9.77. The van der Waals surface area contributed by atoms with Gasteiger partial charge in [-0.15, -0.1) is 11.8 Å². The minimum atomic E-state index is 0.214. The molecule has 0 radical (unpaired) electrons. The number of hydrogen-bond donors (Lipinski definition) is 1. The van der Waals surface area contributed by atoms with Gasteiger partial charge in [0.1, 0.15) is 0 Å². The van der Waals surface area contributed by atoms with Gasteiger partial charge in [0.05, 0.1) is 0 Å². The van der Waals surface area contributed by atoms with Crippen LogP contribution in [0.4, 0.5) is 0 Å². The van der Waals surface area contributed by atoms with Crippen LogP contribution in [0.15, 0.2) is 29.2 Å². The van der Waals surface area contributed by atoms with Crippen molar-refractivity contribution in [3.05, 3.63) is 29.8 Å². The van der Waals surface area contributed by atoms with Crippen LogP contribution in [-0.2, 0) is 0 Å². The number of nitrogens with two attached hydrogens (primary N) is 1. The molecule has 2 heteroatoms. The summed E-state index contributed by atoms with van der Waals surface area (Å²) in [6.07, 6.45) is 10.6. The van der Waals surface area contributed by atoms with Crippen LogP contribution in [-0.4, -0.2) is 5.75 Å². The summed E-state index contributed by atoms with van der Waals surface area (Å²) in [7, 11) is 0. The van der Waals surface area contributed by atoms with Crippen molar-refractivity contribution in [3.8, 4) is 0 Å². The molecule has 0 heterocycles. The topological polar surface area (TPSA) is 26.0 Å². The highest BCUT2D eigenvalue weighted by molar-refractivity contribution is 7.99. The second kappa shape index (κ2) is 11.2. The van der Waals surface area contributed by atoms with Crippen molar-refractivity contribution in [2.45, 2.75) is 76.2 Å². The third-order valence-electron chi connectivity index (χ3n) is 3.74. The summed E-state index contributed by atoms with van der Waals surface area (Å²) >= 11 is 1.89. The van der Waals surface area contributed by atoms with Crippen LogP contribution in [0.2, 0.25) is 0 Å². The second-order valence-electron chi connectivity index (χ2n) is 5.52. The van der Waals surface area contributed by atoms with E-state index in [1.54, 1.807) is 0 Å². The highest BCUT2D eigenvalue weighted by atomic mass is 32.2. The maximum atomic E-state index is 6.27. The molecular weight excluding hydrogens is 262 g/mol. The molecule has 0 aromatic heterocycles. The average molecular weight is 294 g/mol. The van der Waals surface area contributed by atoms with Crippen LogP contribution in [0.25, 0.3) is 0 Å². The largest absolute Gasteiger partial charge is 0.324 e. The summed E-state index contributed by atoms with van der Waals surface area (Å²) in [6.45, 7) is 4.45. The highest BCUT2D eigenvalue weighted by Gasteiger charge is 2.05. The smallest absolute Gasteiger partial charge is 0.0294 e. The van der Waals surface area contributed by atoms with E-state index in [0.29, 0.717) is 0 Å². The Bertz CT molecular complexity index is 334. The zero-order valence-corrected chi connectivity index (χ0v) is 14.1. The van der Waals surface area contributed by atoms with Gasteiger partial charge < -0.3 is 5.73 Å². The molecule has 0 saturated heterocycles. The van der Waals surface area contributed by atoms with E-state index in [1.165, 1.54) is 55.4 Å². The molecule has 2 N–H and O–H groups in total. The van der Waals surface area contributed by atoms with Crippen LogP contribution < -0.4 is 5.73 Å². The van der Waals surface area contributed by atoms with E-state index in [-0.39, 0.29) is 6.04 Å². The molecule has 0 saturated carbocycles. The van der Waals surface area contributed by atoms with Gasteiger partial charge in [-0.3, -0.25) is 0 Å². The molecule has 20 heavy (non-hydrogen) atoms. The van der Waals surface area contributed by atoms with Gasteiger partial charge in [0.2, 0.25) is 0 Å². The lowest BCUT2D eigenvalue weighted by molar-refractivity contribution is 0.541. The molecule has 1 atom stereocenters. The quantitative estimate of drug-likeness (QED) is 0.403. The molecule has 0 aliphatic heterocycles. The summed E-state index contributed by atoms with van der Waals surface area (Å²) in [5, 5.41) is 0. The lowest BCUT2D eigenvalue weighted by Gasteiger charge is -2.12. The number of benzene rings is 1. The Morgan fingerprint density at radius 1 is 0.900 bits per heavy atom. The fourth-order valence-corrected chi connectivity index (χ4v) is 3.13. The Morgan fingerprint density at radius 3 is 2.10 bits per heavy atom. The number of unbranched alkanes of at least 4 members (excludes halogenated alkanes) is 6. The molecular formula is C18H31NS. The summed E-state index contributed by atoms with van der Waals surface area (Å²) in [5.74, 6) is 1.13. The predicted molar refractivity (Wildman–Crippen MR) is 92.4 cm³/mol. The Balaban J connectivity index is 2.17.